The van der Waals surface area contributed by atoms with Crippen molar-refractivity contribution >= 4 is 22.0 Å². The monoisotopic (exact) mass is 393 g/mol. The largest absolute Gasteiger partial charge is 0.464 e. The number of unbranched alkanes of at least 4 members (excludes halogenated alkanes) is 2. The summed E-state index contributed by atoms with van der Waals surface area (Å²) >= 11 is 0. The van der Waals surface area contributed by atoms with Crippen LogP contribution >= 0.6 is 0 Å². The predicted molar refractivity (Wildman–Crippen MR) is 96.2 cm³/mol. The molecule has 0 aliphatic heterocycles. The molecular weight excluding hydrogens is 362 g/mol. The van der Waals surface area contributed by atoms with Gasteiger partial charge in [0.2, 0.25) is 5.91 Å². The van der Waals surface area contributed by atoms with Crippen LogP contribution in [-0.4, -0.2) is 56.0 Å². The lowest BCUT2D eigenvalue weighted by atomic mass is 10.1. The molecule has 2 unspecified atom stereocenters. The molecule has 9 heteroatoms. The van der Waals surface area contributed by atoms with Crippen LogP contribution < -0.4 is 5.32 Å². The SMILES string of the molecule is CCCCOC[C@H](NC(=O)C1CCC(S(=O)(=O)O)C1)C(=O)OCCCC. The van der Waals surface area contributed by atoms with Gasteiger partial charge in [-0.25, -0.2) is 4.79 Å². The second kappa shape index (κ2) is 11.5. The zero-order chi connectivity index (χ0) is 19.6. The molecule has 0 bridgehead atoms. The molecule has 0 aromatic carbocycles. The van der Waals surface area contributed by atoms with Gasteiger partial charge in [-0.05, 0) is 32.1 Å². The summed E-state index contributed by atoms with van der Waals surface area (Å²) < 4.78 is 42.2. The van der Waals surface area contributed by atoms with Crippen LogP contribution in [0.1, 0.15) is 58.8 Å². The van der Waals surface area contributed by atoms with E-state index < -0.39 is 39.2 Å². The minimum atomic E-state index is -4.15. The van der Waals surface area contributed by atoms with Crippen molar-refractivity contribution in [3.05, 3.63) is 0 Å². The van der Waals surface area contributed by atoms with Crippen LogP contribution in [-0.2, 0) is 29.2 Å². The summed E-state index contributed by atoms with van der Waals surface area (Å²) in [4.78, 5) is 24.6. The minimum Gasteiger partial charge on any atom is -0.464 e. The van der Waals surface area contributed by atoms with E-state index in [0.717, 1.165) is 25.7 Å². The number of carbonyl (C=O) groups is 2. The van der Waals surface area contributed by atoms with Crippen molar-refractivity contribution in [2.24, 2.45) is 5.92 Å². The first-order valence-corrected chi connectivity index (χ1v) is 10.8. The van der Waals surface area contributed by atoms with Gasteiger partial charge in [0, 0.05) is 12.5 Å². The molecule has 1 amide bonds. The highest BCUT2D eigenvalue weighted by Gasteiger charge is 2.37. The predicted octanol–water partition coefficient (Wildman–Crippen LogP) is 1.69. The molecule has 1 rings (SSSR count). The molecule has 0 aromatic heterocycles. The maximum atomic E-state index is 12.4. The van der Waals surface area contributed by atoms with Crippen molar-refractivity contribution in [1.29, 1.82) is 0 Å². The molecule has 0 saturated heterocycles. The third kappa shape index (κ3) is 8.01. The quantitative estimate of drug-likeness (QED) is 0.294. The Hall–Kier alpha value is -1.19. The van der Waals surface area contributed by atoms with Crippen LogP contribution in [0.15, 0.2) is 0 Å². The molecule has 3 atom stereocenters. The van der Waals surface area contributed by atoms with Crippen molar-refractivity contribution in [2.45, 2.75) is 70.1 Å². The molecule has 0 radical (unpaired) electrons. The van der Waals surface area contributed by atoms with E-state index in [4.69, 9.17) is 14.0 Å². The number of hydrogen-bond acceptors (Lipinski definition) is 6. The topological polar surface area (TPSA) is 119 Å². The summed E-state index contributed by atoms with van der Waals surface area (Å²) in [6.07, 6.45) is 4.07. The van der Waals surface area contributed by atoms with E-state index in [1.807, 2.05) is 13.8 Å². The molecule has 0 spiro atoms. The van der Waals surface area contributed by atoms with E-state index in [1.165, 1.54) is 0 Å². The first-order chi connectivity index (χ1) is 12.3. The summed E-state index contributed by atoms with van der Waals surface area (Å²) in [5, 5.41) is 1.70. The lowest BCUT2D eigenvalue weighted by Crippen LogP contribution is -2.47. The van der Waals surface area contributed by atoms with Gasteiger partial charge in [-0.3, -0.25) is 9.35 Å². The average molecular weight is 394 g/mol. The number of amides is 1. The second-order valence-corrected chi connectivity index (χ2v) is 8.35. The highest BCUT2D eigenvalue weighted by Crippen LogP contribution is 2.30. The van der Waals surface area contributed by atoms with Crippen LogP contribution in [0.5, 0.6) is 0 Å². The maximum Gasteiger partial charge on any atom is 0.331 e. The summed E-state index contributed by atoms with van der Waals surface area (Å²) in [5.41, 5.74) is 0. The zero-order valence-corrected chi connectivity index (χ0v) is 16.4. The normalized spacial score (nSPS) is 21.3. The van der Waals surface area contributed by atoms with Gasteiger partial charge >= 0.3 is 5.97 Å². The Morgan fingerprint density at radius 3 is 2.38 bits per heavy atom. The van der Waals surface area contributed by atoms with Crippen LogP contribution in [0.4, 0.5) is 0 Å². The van der Waals surface area contributed by atoms with Gasteiger partial charge in [0.05, 0.1) is 18.5 Å². The molecule has 1 aliphatic carbocycles. The number of carbonyl (C=O) groups excluding carboxylic acids is 2. The van der Waals surface area contributed by atoms with E-state index in [1.54, 1.807) is 0 Å². The van der Waals surface area contributed by atoms with Gasteiger partial charge < -0.3 is 14.8 Å². The van der Waals surface area contributed by atoms with Crippen LogP contribution in [0.25, 0.3) is 0 Å². The standard InChI is InChI=1S/C17H31NO7S/c1-3-5-9-24-12-15(17(20)25-10-6-4-2)18-16(19)13-7-8-14(11-13)26(21,22)23/h13-15H,3-12H2,1-2H3,(H,18,19)(H,21,22,23)/t13?,14?,15-/m0/s1. The highest BCUT2D eigenvalue weighted by atomic mass is 32.2. The maximum absolute atomic E-state index is 12.4. The van der Waals surface area contributed by atoms with Crippen molar-refractivity contribution in [1.82, 2.24) is 5.32 Å². The van der Waals surface area contributed by atoms with Crippen molar-refractivity contribution in [3.63, 3.8) is 0 Å². The molecule has 152 valence electrons. The zero-order valence-electron chi connectivity index (χ0n) is 15.6. The Kier molecular flexibility index (Phi) is 10.1. The first kappa shape index (κ1) is 22.9. The lowest BCUT2D eigenvalue weighted by Gasteiger charge is -2.20. The van der Waals surface area contributed by atoms with E-state index in [-0.39, 0.29) is 26.1 Å². The Morgan fingerprint density at radius 2 is 1.81 bits per heavy atom. The summed E-state index contributed by atoms with van der Waals surface area (Å²) in [7, 11) is -4.15. The minimum absolute atomic E-state index is 0.0190. The molecule has 1 fully saturated rings. The summed E-state index contributed by atoms with van der Waals surface area (Å²) in [6, 6.07) is -0.916. The molecule has 1 saturated carbocycles. The van der Waals surface area contributed by atoms with E-state index in [2.05, 4.69) is 5.32 Å². The van der Waals surface area contributed by atoms with Gasteiger partial charge in [-0.1, -0.05) is 26.7 Å². The van der Waals surface area contributed by atoms with E-state index in [9.17, 15) is 18.0 Å². The molecule has 1 aliphatic rings. The third-order valence-corrected chi connectivity index (χ3v) is 5.72. The number of esters is 1. The lowest BCUT2D eigenvalue weighted by molar-refractivity contribution is -0.150. The van der Waals surface area contributed by atoms with Gasteiger partial charge in [0.1, 0.15) is 0 Å². The number of nitrogens with one attached hydrogen (secondary N) is 1. The fourth-order valence-corrected chi connectivity index (χ4v) is 3.68. The molecule has 0 aromatic rings. The Balaban J connectivity index is 2.59. The Morgan fingerprint density at radius 1 is 1.15 bits per heavy atom. The van der Waals surface area contributed by atoms with Gasteiger partial charge in [0.25, 0.3) is 10.1 Å². The number of hydrogen-bond donors (Lipinski definition) is 2. The summed E-state index contributed by atoms with van der Waals surface area (Å²) in [6.45, 7) is 4.79. The Bertz CT molecular complexity index is 549. The smallest absolute Gasteiger partial charge is 0.331 e. The van der Waals surface area contributed by atoms with E-state index in [0.29, 0.717) is 13.0 Å². The molecule has 0 heterocycles. The molecular formula is C17H31NO7S. The molecule has 26 heavy (non-hydrogen) atoms. The van der Waals surface area contributed by atoms with Gasteiger partial charge in [0.15, 0.2) is 6.04 Å². The molecule has 2 N–H and O–H groups in total. The van der Waals surface area contributed by atoms with Crippen molar-refractivity contribution in [2.75, 3.05) is 19.8 Å². The van der Waals surface area contributed by atoms with Crippen LogP contribution in [0.2, 0.25) is 0 Å². The fourth-order valence-electron chi connectivity index (χ4n) is 2.77. The van der Waals surface area contributed by atoms with Crippen molar-refractivity contribution < 1.29 is 32.0 Å². The molecule has 8 nitrogen and oxygen atoms in total. The van der Waals surface area contributed by atoms with Crippen molar-refractivity contribution in [3.8, 4) is 0 Å². The third-order valence-electron chi connectivity index (χ3n) is 4.45. The first-order valence-electron chi connectivity index (χ1n) is 9.30. The van der Waals surface area contributed by atoms with Gasteiger partial charge in [-0.2, -0.15) is 8.42 Å². The Labute approximate surface area is 155 Å². The number of rotatable bonds is 12. The van der Waals surface area contributed by atoms with Gasteiger partial charge in [-0.15, -0.1) is 0 Å². The fraction of sp³-hybridized carbons (Fsp3) is 0.882. The highest BCUT2D eigenvalue weighted by molar-refractivity contribution is 7.86. The average Bonchev–Trinajstić information content (AvgIpc) is 3.08. The second-order valence-electron chi connectivity index (χ2n) is 6.66. The summed E-state index contributed by atoms with van der Waals surface area (Å²) in [5.74, 6) is -1.51. The van der Waals surface area contributed by atoms with E-state index >= 15 is 0 Å². The number of ether oxygens (including phenoxy) is 2. The van der Waals surface area contributed by atoms with Crippen LogP contribution in [0, 0.1) is 5.92 Å². The van der Waals surface area contributed by atoms with Crippen LogP contribution in [0.3, 0.4) is 0 Å².